The van der Waals surface area contributed by atoms with Crippen LogP contribution in [0.3, 0.4) is 0 Å². The van der Waals surface area contributed by atoms with Gasteiger partial charge in [-0.3, -0.25) is 14.6 Å². The molecule has 1 heterocycles. The summed E-state index contributed by atoms with van der Waals surface area (Å²) in [4.78, 5) is 36.0. The van der Waals surface area contributed by atoms with E-state index < -0.39 is 11.2 Å². The van der Waals surface area contributed by atoms with Crippen LogP contribution in [0.4, 0.5) is 0 Å². The maximum atomic E-state index is 11.7. The van der Waals surface area contributed by atoms with Crippen molar-refractivity contribution in [2.75, 3.05) is 0 Å². The van der Waals surface area contributed by atoms with Crippen molar-refractivity contribution >= 4 is 12.1 Å². The normalized spacial score (nSPS) is 12.2. The summed E-state index contributed by atoms with van der Waals surface area (Å²) in [5.74, 6) is -0.269. The molecule has 120 valence electrons. The lowest BCUT2D eigenvalue weighted by Crippen LogP contribution is -2.28. The summed E-state index contributed by atoms with van der Waals surface area (Å²) in [6.45, 7) is 1.97. The molecule has 1 aromatic heterocycles. The SMILES string of the molecule is CC(/C=N/NC(=O)CCc1n[nH]c(=O)[nH]c1=O)c1ccccc1. The minimum atomic E-state index is -0.678. The Morgan fingerprint density at radius 3 is 2.78 bits per heavy atom. The van der Waals surface area contributed by atoms with Gasteiger partial charge in [0.2, 0.25) is 5.91 Å². The Kier molecular flexibility index (Phi) is 5.56. The largest absolute Gasteiger partial charge is 0.342 e. The van der Waals surface area contributed by atoms with Crippen LogP contribution < -0.4 is 16.7 Å². The van der Waals surface area contributed by atoms with Gasteiger partial charge in [-0.1, -0.05) is 37.3 Å². The minimum Gasteiger partial charge on any atom is -0.273 e. The first-order valence-corrected chi connectivity index (χ1v) is 7.11. The molecule has 0 aliphatic rings. The number of hydrazone groups is 1. The van der Waals surface area contributed by atoms with Crippen LogP contribution in [0.15, 0.2) is 45.0 Å². The number of carbonyl (C=O) groups excluding carboxylic acids is 1. The minimum absolute atomic E-state index is 0.0409. The zero-order valence-electron chi connectivity index (χ0n) is 12.6. The predicted octanol–water partition coefficient (Wildman–Crippen LogP) is 0.297. The number of rotatable bonds is 6. The Bertz CT molecular complexity index is 795. The van der Waals surface area contributed by atoms with Crippen LogP contribution in [-0.2, 0) is 11.2 Å². The Hall–Kier alpha value is -3.03. The monoisotopic (exact) mass is 315 g/mol. The number of hydrogen-bond acceptors (Lipinski definition) is 5. The molecule has 1 atom stereocenters. The molecule has 8 heteroatoms. The zero-order chi connectivity index (χ0) is 16.7. The number of nitrogens with one attached hydrogen (secondary N) is 3. The van der Waals surface area contributed by atoms with Gasteiger partial charge in [-0.15, -0.1) is 0 Å². The van der Waals surface area contributed by atoms with E-state index in [2.05, 4.69) is 20.7 Å². The number of hydrogen-bond donors (Lipinski definition) is 3. The Morgan fingerprint density at radius 2 is 2.09 bits per heavy atom. The Balaban J connectivity index is 1.82. The number of carbonyl (C=O) groups is 1. The van der Waals surface area contributed by atoms with Crippen LogP contribution in [0, 0.1) is 0 Å². The van der Waals surface area contributed by atoms with Crippen molar-refractivity contribution in [1.29, 1.82) is 0 Å². The van der Waals surface area contributed by atoms with E-state index in [1.165, 1.54) is 0 Å². The van der Waals surface area contributed by atoms with Crippen molar-refractivity contribution < 1.29 is 4.79 Å². The van der Waals surface area contributed by atoms with Crippen LogP contribution in [0.5, 0.6) is 0 Å². The van der Waals surface area contributed by atoms with E-state index in [0.29, 0.717) is 0 Å². The summed E-state index contributed by atoms with van der Waals surface area (Å²) in [5.41, 5.74) is 2.32. The second kappa shape index (κ2) is 7.83. The van der Waals surface area contributed by atoms with Crippen molar-refractivity contribution in [2.45, 2.75) is 25.7 Å². The van der Waals surface area contributed by atoms with E-state index in [9.17, 15) is 14.4 Å². The second-order valence-corrected chi connectivity index (χ2v) is 4.97. The van der Waals surface area contributed by atoms with Gasteiger partial charge in [0.15, 0.2) is 0 Å². The van der Waals surface area contributed by atoms with Gasteiger partial charge >= 0.3 is 5.69 Å². The molecular formula is C15H17N5O3. The standard InChI is InChI=1S/C15H17N5O3/c1-10(11-5-3-2-4-6-11)9-16-19-13(21)8-7-12-14(22)17-15(23)20-18-12/h2-6,9-10H,7-8H2,1H3,(H,19,21)(H2,17,20,22,23)/b16-9+. The average Bonchev–Trinajstić information content (AvgIpc) is 2.54. The van der Waals surface area contributed by atoms with Crippen molar-refractivity contribution in [3.05, 3.63) is 62.4 Å². The van der Waals surface area contributed by atoms with Gasteiger partial charge in [-0.2, -0.15) is 10.2 Å². The fraction of sp³-hybridized carbons (Fsp3) is 0.267. The summed E-state index contributed by atoms with van der Waals surface area (Å²) in [5, 5.41) is 9.62. The molecule has 23 heavy (non-hydrogen) atoms. The fourth-order valence-corrected chi connectivity index (χ4v) is 1.89. The number of benzene rings is 1. The quantitative estimate of drug-likeness (QED) is 0.524. The first-order valence-electron chi connectivity index (χ1n) is 7.11. The molecule has 1 aromatic carbocycles. The lowest BCUT2D eigenvalue weighted by Gasteiger charge is -2.05. The maximum absolute atomic E-state index is 11.7. The molecule has 0 radical (unpaired) electrons. The van der Waals surface area contributed by atoms with Crippen LogP contribution in [0.2, 0.25) is 0 Å². The Morgan fingerprint density at radius 1 is 1.35 bits per heavy atom. The third kappa shape index (κ3) is 5.03. The van der Waals surface area contributed by atoms with E-state index in [1.54, 1.807) is 6.21 Å². The summed E-state index contributed by atoms with van der Waals surface area (Å²) in [6, 6.07) is 9.76. The average molecular weight is 315 g/mol. The predicted molar refractivity (Wildman–Crippen MR) is 85.3 cm³/mol. The number of nitrogens with zero attached hydrogens (tertiary/aromatic N) is 2. The lowest BCUT2D eigenvalue weighted by molar-refractivity contribution is -0.121. The van der Waals surface area contributed by atoms with Crippen molar-refractivity contribution in [2.24, 2.45) is 5.10 Å². The zero-order valence-corrected chi connectivity index (χ0v) is 12.6. The third-order valence-corrected chi connectivity index (χ3v) is 3.18. The molecule has 0 saturated carbocycles. The summed E-state index contributed by atoms with van der Waals surface area (Å²) >= 11 is 0. The van der Waals surface area contributed by atoms with E-state index in [0.717, 1.165) is 5.56 Å². The summed E-state index contributed by atoms with van der Waals surface area (Å²) < 4.78 is 0. The van der Waals surface area contributed by atoms with Crippen molar-refractivity contribution in [1.82, 2.24) is 20.6 Å². The maximum Gasteiger partial charge on any atom is 0.342 e. The van der Waals surface area contributed by atoms with Crippen LogP contribution >= 0.6 is 0 Å². The van der Waals surface area contributed by atoms with Crippen LogP contribution in [0.25, 0.3) is 0 Å². The van der Waals surface area contributed by atoms with Gasteiger partial charge in [0.1, 0.15) is 5.69 Å². The highest BCUT2D eigenvalue weighted by atomic mass is 16.2. The molecule has 1 amide bonds. The summed E-state index contributed by atoms with van der Waals surface area (Å²) in [7, 11) is 0. The highest BCUT2D eigenvalue weighted by molar-refractivity contribution is 5.77. The van der Waals surface area contributed by atoms with Gasteiger partial charge in [-0.25, -0.2) is 15.3 Å². The number of aromatic amines is 2. The topological polar surface area (TPSA) is 120 Å². The molecule has 1 unspecified atom stereocenters. The molecule has 0 spiro atoms. The van der Waals surface area contributed by atoms with E-state index in [1.807, 2.05) is 42.2 Å². The highest BCUT2D eigenvalue weighted by Crippen LogP contribution is 2.11. The lowest BCUT2D eigenvalue weighted by atomic mass is 10.0. The first kappa shape index (κ1) is 16.3. The van der Waals surface area contributed by atoms with Crippen molar-refractivity contribution in [3.63, 3.8) is 0 Å². The number of H-pyrrole nitrogens is 2. The molecule has 8 nitrogen and oxygen atoms in total. The van der Waals surface area contributed by atoms with Gasteiger partial charge < -0.3 is 0 Å². The fourth-order valence-electron chi connectivity index (χ4n) is 1.89. The summed E-state index contributed by atoms with van der Waals surface area (Å²) in [6.07, 6.45) is 1.79. The Labute approximate surface area is 131 Å². The van der Waals surface area contributed by atoms with Crippen molar-refractivity contribution in [3.8, 4) is 0 Å². The van der Waals surface area contributed by atoms with Gasteiger partial charge in [0, 0.05) is 25.0 Å². The highest BCUT2D eigenvalue weighted by Gasteiger charge is 2.07. The molecule has 0 aliphatic heterocycles. The third-order valence-electron chi connectivity index (χ3n) is 3.18. The first-order chi connectivity index (χ1) is 11.1. The molecule has 0 fully saturated rings. The number of aromatic nitrogens is 3. The van der Waals surface area contributed by atoms with E-state index in [-0.39, 0.29) is 30.4 Å². The van der Waals surface area contributed by atoms with Crippen LogP contribution in [-0.4, -0.2) is 27.3 Å². The molecule has 0 aliphatic carbocycles. The molecular weight excluding hydrogens is 298 g/mol. The molecule has 2 aromatic rings. The number of aryl methyl sites for hydroxylation is 1. The molecule has 0 bridgehead atoms. The van der Waals surface area contributed by atoms with E-state index in [4.69, 9.17) is 0 Å². The van der Waals surface area contributed by atoms with Gasteiger partial charge in [-0.05, 0) is 5.56 Å². The number of amides is 1. The molecule has 3 N–H and O–H groups in total. The van der Waals surface area contributed by atoms with Gasteiger partial charge in [0.25, 0.3) is 5.56 Å². The van der Waals surface area contributed by atoms with Crippen LogP contribution in [0.1, 0.15) is 30.5 Å². The van der Waals surface area contributed by atoms with Gasteiger partial charge in [0.05, 0.1) is 0 Å². The second-order valence-electron chi connectivity index (χ2n) is 4.97. The molecule has 2 rings (SSSR count). The molecule has 0 saturated heterocycles. The smallest absolute Gasteiger partial charge is 0.273 e. The van der Waals surface area contributed by atoms with E-state index >= 15 is 0 Å².